The summed E-state index contributed by atoms with van der Waals surface area (Å²) in [6.07, 6.45) is 0.277. The smallest absolute Gasteiger partial charge is 0.232 e. The second-order valence-corrected chi connectivity index (χ2v) is 8.72. The van der Waals surface area contributed by atoms with Crippen LogP contribution in [0, 0.1) is 13.8 Å². The fourth-order valence-electron chi connectivity index (χ4n) is 3.54. The summed E-state index contributed by atoms with van der Waals surface area (Å²) in [4.78, 5) is 22.8. The molecule has 0 aliphatic carbocycles. The highest BCUT2D eigenvalue weighted by Crippen LogP contribution is 2.28. The molecule has 0 aliphatic heterocycles. The Labute approximate surface area is 175 Å². The quantitative estimate of drug-likeness (QED) is 0.421. The number of thiazole rings is 2. The molecule has 1 N–H and O–H groups in total. The lowest BCUT2D eigenvalue weighted by atomic mass is 10.0. The van der Waals surface area contributed by atoms with Gasteiger partial charge in [-0.25, -0.2) is 9.97 Å². The van der Waals surface area contributed by atoms with E-state index < -0.39 is 0 Å². The predicted octanol–water partition coefficient (Wildman–Crippen LogP) is 5.47. The topological polar surface area (TPSA) is 59.3 Å². The van der Waals surface area contributed by atoms with Gasteiger partial charge in [0.15, 0.2) is 10.1 Å². The number of nitrogens with one attached hydrogen (secondary N) is 1. The van der Waals surface area contributed by atoms with Gasteiger partial charge in [0.05, 0.1) is 23.1 Å². The Hall–Kier alpha value is -3.03. The van der Waals surface area contributed by atoms with Crippen LogP contribution in [-0.4, -0.2) is 20.3 Å². The number of benzene rings is 2. The van der Waals surface area contributed by atoms with Gasteiger partial charge in [0.2, 0.25) is 5.91 Å². The van der Waals surface area contributed by atoms with Crippen molar-refractivity contribution in [3.05, 3.63) is 70.0 Å². The molecule has 0 saturated carbocycles. The van der Waals surface area contributed by atoms with Crippen molar-refractivity contribution >= 4 is 49.7 Å². The summed E-state index contributed by atoms with van der Waals surface area (Å²) in [6, 6.07) is 14.3. The molecule has 144 valence electrons. The van der Waals surface area contributed by atoms with Crippen molar-refractivity contribution in [2.24, 2.45) is 0 Å². The van der Waals surface area contributed by atoms with E-state index >= 15 is 0 Å². The minimum Gasteiger partial charge on any atom is -0.302 e. The van der Waals surface area contributed by atoms with E-state index in [1.54, 1.807) is 11.3 Å². The number of fused-ring (bicyclic) bond motifs is 3. The molecule has 3 aromatic heterocycles. The zero-order valence-corrected chi connectivity index (χ0v) is 17.6. The second kappa shape index (κ2) is 7.09. The van der Waals surface area contributed by atoms with Gasteiger partial charge in [-0.3, -0.25) is 9.20 Å². The molecule has 29 heavy (non-hydrogen) atoms. The third-order valence-corrected chi connectivity index (χ3v) is 6.50. The van der Waals surface area contributed by atoms with E-state index in [2.05, 4.69) is 51.7 Å². The molecule has 5 aromatic rings. The largest absolute Gasteiger partial charge is 0.302 e. The Morgan fingerprint density at radius 3 is 2.79 bits per heavy atom. The molecular weight excluding hydrogens is 400 g/mol. The summed E-state index contributed by atoms with van der Waals surface area (Å²) >= 11 is 3.00. The SMILES string of the molecule is Cc1ccc(-c2csc(NC(=O)Cc3csc4nc5ccccc5n34)n2)c(C)c1. The van der Waals surface area contributed by atoms with Gasteiger partial charge in [-0.05, 0) is 31.5 Å². The standard InChI is InChI=1S/C22H18N4OS2/c1-13-7-8-16(14(2)9-13)18-12-28-21(23-18)25-20(27)10-15-11-29-22-24-17-5-3-4-6-19(17)26(15)22/h3-9,11-12H,10H2,1-2H3,(H,23,25,27). The van der Waals surface area contributed by atoms with Crippen LogP contribution in [-0.2, 0) is 11.2 Å². The number of imidazole rings is 1. The lowest BCUT2D eigenvalue weighted by molar-refractivity contribution is -0.115. The first-order valence-electron chi connectivity index (χ1n) is 9.25. The van der Waals surface area contributed by atoms with Gasteiger partial charge in [0.25, 0.3) is 0 Å². The first-order valence-corrected chi connectivity index (χ1v) is 11.0. The summed E-state index contributed by atoms with van der Waals surface area (Å²) in [5.41, 5.74) is 7.29. The number of aromatic nitrogens is 3. The molecule has 0 spiro atoms. The molecule has 0 bridgehead atoms. The van der Waals surface area contributed by atoms with Crippen molar-refractivity contribution in [3.63, 3.8) is 0 Å². The highest BCUT2D eigenvalue weighted by atomic mass is 32.1. The average Bonchev–Trinajstić information content (AvgIpc) is 3.38. The first-order chi connectivity index (χ1) is 14.1. The molecule has 3 heterocycles. The van der Waals surface area contributed by atoms with E-state index in [0.717, 1.165) is 32.9 Å². The maximum atomic E-state index is 12.7. The summed E-state index contributed by atoms with van der Waals surface area (Å²) < 4.78 is 2.06. The molecule has 0 radical (unpaired) electrons. The molecule has 2 aromatic carbocycles. The third kappa shape index (κ3) is 3.32. The number of anilines is 1. The number of amides is 1. The van der Waals surface area contributed by atoms with Gasteiger partial charge < -0.3 is 5.32 Å². The van der Waals surface area contributed by atoms with E-state index in [1.165, 1.54) is 22.5 Å². The van der Waals surface area contributed by atoms with Gasteiger partial charge in [-0.15, -0.1) is 22.7 Å². The van der Waals surface area contributed by atoms with Gasteiger partial charge in [-0.2, -0.15) is 0 Å². The summed E-state index contributed by atoms with van der Waals surface area (Å²) in [6.45, 7) is 4.16. The third-order valence-electron chi connectivity index (χ3n) is 4.87. The molecule has 0 saturated heterocycles. The molecule has 0 unspecified atom stereocenters. The lowest BCUT2D eigenvalue weighted by Crippen LogP contribution is -2.15. The Morgan fingerprint density at radius 2 is 1.93 bits per heavy atom. The summed E-state index contributed by atoms with van der Waals surface area (Å²) in [5, 5.41) is 7.55. The molecule has 5 nitrogen and oxygen atoms in total. The minimum absolute atomic E-state index is 0.0796. The molecule has 0 fully saturated rings. The minimum atomic E-state index is -0.0796. The number of hydrogen-bond acceptors (Lipinski definition) is 5. The van der Waals surface area contributed by atoms with E-state index in [1.807, 2.05) is 35.0 Å². The Bertz CT molecular complexity index is 1360. The number of para-hydroxylation sites is 2. The monoisotopic (exact) mass is 418 g/mol. The Kier molecular flexibility index (Phi) is 4.41. The molecular formula is C22H18N4OS2. The molecule has 7 heteroatoms. The van der Waals surface area contributed by atoms with Gasteiger partial charge in [0, 0.05) is 22.0 Å². The summed E-state index contributed by atoms with van der Waals surface area (Å²) in [7, 11) is 0. The van der Waals surface area contributed by atoms with E-state index in [9.17, 15) is 4.79 Å². The summed E-state index contributed by atoms with van der Waals surface area (Å²) in [5.74, 6) is -0.0796. The number of rotatable bonds is 4. The highest BCUT2D eigenvalue weighted by Gasteiger charge is 2.15. The van der Waals surface area contributed by atoms with Crippen LogP contribution >= 0.6 is 22.7 Å². The zero-order chi connectivity index (χ0) is 20.0. The fraction of sp³-hybridized carbons (Fsp3) is 0.136. The number of aryl methyl sites for hydroxylation is 2. The first kappa shape index (κ1) is 18.0. The van der Waals surface area contributed by atoms with Crippen molar-refractivity contribution in [2.45, 2.75) is 20.3 Å². The number of carbonyl (C=O) groups is 1. The Balaban J connectivity index is 1.36. The lowest BCUT2D eigenvalue weighted by Gasteiger charge is -2.04. The van der Waals surface area contributed by atoms with Gasteiger partial charge >= 0.3 is 0 Å². The zero-order valence-electron chi connectivity index (χ0n) is 16.0. The van der Waals surface area contributed by atoms with Crippen LogP contribution in [0.4, 0.5) is 5.13 Å². The van der Waals surface area contributed by atoms with Crippen molar-refractivity contribution in [3.8, 4) is 11.3 Å². The van der Waals surface area contributed by atoms with Crippen molar-refractivity contribution in [2.75, 3.05) is 5.32 Å². The van der Waals surface area contributed by atoms with Crippen LogP contribution < -0.4 is 5.32 Å². The van der Waals surface area contributed by atoms with Crippen LogP contribution in [0.3, 0.4) is 0 Å². The van der Waals surface area contributed by atoms with Crippen molar-refractivity contribution in [1.29, 1.82) is 0 Å². The number of carbonyl (C=O) groups excluding carboxylic acids is 1. The van der Waals surface area contributed by atoms with E-state index in [-0.39, 0.29) is 12.3 Å². The highest BCUT2D eigenvalue weighted by molar-refractivity contribution is 7.15. The van der Waals surface area contributed by atoms with Crippen molar-refractivity contribution in [1.82, 2.24) is 14.4 Å². The maximum absolute atomic E-state index is 12.7. The van der Waals surface area contributed by atoms with E-state index in [4.69, 9.17) is 0 Å². The van der Waals surface area contributed by atoms with Crippen LogP contribution in [0.15, 0.2) is 53.2 Å². The fourth-order valence-corrected chi connectivity index (χ4v) is 5.17. The van der Waals surface area contributed by atoms with Gasteiger partial charge in [0.1, 0.15) is 0 Å². The van der Waals surface area contributed by atoms with Gasteiger partial charge in [-0.1, -0.05) is 35.9 Å². The van der Waals surface area contributed by atoms with Crippen LogP contribution in [0.5, 0.6) is 0 Å². The van der Waals surface area contributed by atoms with Crippen LogP contribution in [0.2, 0.25) is 0 Å². The molecule has 5 rings (SSSR count). The predicted molar refractivity (Wildman–Crippen MR) is 120 cm³/mol. The normalized spacial score (nSPS) is 11.4. The average molecular weight is 419 g/mol. The number of hydrogen-bond donors (Lipinski definition) is 1. The van der Waals surface area contributed by atoms with Crippen molar-refractivity contribution < 1.29 is 4.79 Å². The van der Waals surface area contributed by atoms with E-state index in [0.29, 0.717) is 5.13 Å². The second-order valence-electron chi connectivity index (χ2n) is 7.03. The number of nitrogens with zero attached hydrogens (tertiary/aromatic N) is 3. The van der Waals surface area contributed by atoms with Crippen LogP contribution in [0.25, 0.3) is 27.3 Å². The van der Waals surface area contributed by atoms with Crippen LogP contribution in [0.1, 0.15) is 16.8 Å². The maximum Gasteiger partial charge on any atom is 0.232 e. The molecule has 1 amide bonds. The molecule has 0 atom stereocenters. The molecule has 0 aliphatic rings. The Morgan fingerprint density at radius 1 is 1.07 bits per heavy atom.